The summed E-state index contributed by atoms with van der Waals surface area (Å²) in [7, 11) is 0. The van der Waals surface area contributed by atoms with Gasteiger partial charge in [0.25, 0.3) is 0 Å². The Balaban J connectivity index is 1.96. The third-order valence-electron chi connectivity index (χ3n) is 3.65. The van der Waals surface area contributed by atoms with Gasteiger partial charge in [-0.05, 0) is 29.8 Å². The van der Waals surface area contributed by atoms with Crippen molar-refractivity contribution in [1.29, 1.82) is 0 Å². The van der Waals surface area contributed by atoms with Crippen LogP contribution in [0.4, 0.5) is 0 Å². The Hall–Kier alpha value is -2.14. The fourth-order valence-electron chi connectivity index (χ4n) is 2.38. The number of benzene rings is 1. The number of rotatable bonds is 5. The fraction of sp³-hybridized carbons (Fsp3) is 0.111. The molecule has 3 aromatic rings. The van der Waals surface area contributed by atoms with Gasteiger partial charge in [-0.3, -0.25) is 4.98 Å². The molecule has 3 rings (SSSR count). The van der Waals surface area contributed by atoms with Gasteiger partial charge in [-0.1, -0.05) is 41.4 Å². The third-order valence-corrected chi connectivity index (χ3v) is 4.21. The first-order valence-corrected chi connectivity index (χ1v) is 8.05. The van der Waals surface area contributed by atoms with Crippen LogP contribution in [0, 0.1) is 0 Å². The molecule has 0 spiro atoms. The van der Waals surface area contributed by atoms with E-state index >= 15 is 0 Å². The Morgan fingerprint density at radius 1 is 1.17 bits per heavy atom. The second-order valence-electron chi connectivity index (χ2n) is 5.40. The normalized spacial score (nSPS) is 14.0. The van der Waals surface area contributed by atoms with Crippen LogP contribution in [0.2, 0.25) is 10.0 Å². The smallest absolute Gasteiger partial charge is 0.127 e. The topological polar surface area (TPSA) is 50.9 Å². The summed E-state index contributed by atoms with van der Waals surface area (Å²) in [6.45, 7) is 0.306. The molecule has 4 nitrogen and oxygen atoms in total. The lowest BCUT2D eigenvalue weighted by Gasteiger charge is -2.25. The van der Waals surface area contributed by atoms with Crippen LogP contribution in [0.1, 0.15) is 11.1 Å². The van der Waals surface area contributed by atoms with Crippen LogP contribution in [-0.4, -0.2) is 19.6 Å². The minimum atomic E-state index is -1.25. The number of aromatic nitrogens is 3. The number of hydrogen-bond donors (Lipinski definition) is 1. The minimum Gasteiger partial charge on any atom is -0.379 e. The van der Waals surface area contributed by atoms with Gasteiger partial charge < -0.3 is 9.67 Å². The summed E-state index contributed by atoms with van der Waals surface area (Å²) >= 11 is 12.1. The Bertz CT molecular complexity index is 835. The van der Waals surface area contributed by atoms with Crippen molar-refractivity contribution in [3.63, 3.8) is 0 Å². The van der Waals surface area contributed by atoms with Crippen LogP contribution < -0.4 is 0 Å². The average Bonchev–Trinajstić information content (AvgIpc) is 3.07. The summed E-state index contributed by atoms with van der Waals surface area (Å²) in [6.07, 6.45) is 11.9. The second kappa shape index (κ2) is 7.18. The first-order valence-electron chi connectivity index (χ1n) is 7.30. The molecule has 0 aliphatic heterocycles. The van der Waals surface area contributed by atoms with E-state index in [1.165, 1.54) is 0 Å². The summed E-state index contributed by atoms with van der Waals surface area (Å²) in [5, 5.41) is 12.3. The lowest BCUT2D eigenvalue weighted by molar-refractivity contribution is 0.0701. The van der Waals surface area contributed by atoms with Gasteiger partial charge in [0.1, 0.15) is 5.60 Å². The van der Waals surface area contributed by atoms with Crippen molar-refractivity contribution in [3.8, 4) is 0 Å². The number of imidazole rings is 1. The number of hydrogen-bond acceptors (Lipinski definition) is 3. The fourth-order valence-corrected chi connectivity index (χ4v) is 2.85. The van der Waals surface area contributed by atoms with E-state index in [0.29, 0.717) is 22.2 Å². The molecular formula is C18H15Cl2N3O. The Morgan fingerprint density at radius 2 is 2.04 bits per heavy atom. The van der Waals surface area contributed by atoms with E-state index in [2.05, 4.69) is 9.97 Å². The number of aliphatic hydroxyl groups is 1. The first kappa shape index (κ1) is 16.7. The van der Waals surface area contributed by atoms with E-state index in [4.69, 9.17) is 23.2 Å². The lowest BCUT2D eigenvalue weighted by atomic mass is 9.93. The van der Waals surface area contributed by atoms with Crippen molar-refractivity contribution < 1.29 is 5.11 Å². The zero-order valence-electron chi connectivity index (χ0n) is 12.7. The van der Waals surface area contributed by atoms with Gasteiger partial charge in [-0.25, -0.2) is 4.98 Å². The van der Waals surface area contributed by atoms with E-state index in [9.17, 15) is 5.11 Å². The van der Waals surface area contributed by atoms with Crippen LogP contribution in [-0.2, 0) is 12.1 Å². The third kappa shape index (κ3) is 3.85. The molecule has 1 N–H and O–H groups in total. The molecule has 1 aromatic carbocycles. The van der Waals surface area contributed by atoms with Gasteiger partial charge in [0, 0.05) is 40.4 Å². The molecule has 0 saturated carbocycles. The SMILES string of the molecule is O[C@@](/C=C/c1ccc(Cl)cc1Cl)(Cn1ccnc1)c1cccnc1. The van der Waals surface area contributed by atoms with Gasteiger partial charge in [0.2, 0.25) is 0 Å². The summed E-state index contributed by atoms with van der Waals surface area (Å²) < 4.78 is 1.81. The number of halogens is 2. The molecule has 6 heteroatoms. The molecule has 0 amide bonds. The molecule has 0 fully saturated rings. The largest absolute Gasteiger partial charge is 0.379 e. The molecule has 122 valence electrons. The highest BCUT2D eigenvalue weighted by atomic mass is 35.5. The molecule has 24 heavy (non-hydrogen) atoms. The quantitative estimate of drug-likeness (QED) is 0.742. The van der Waals surface area contributed by atoms with Crippen molar-refractivity contribution in [2.45, 2.75) is 12.1 Å². The minimum absolute atomic E-state index is 0.306. The van der Waals surface area contributed by atoms with E-state index < -0.39 is 5.60 Å². The Morgan fingerprint density at radius 3 is 2.71 bits per heavy atom. The summed E-state index contributed by atoms with van der Waals surface area (Å²) in [4.78, 5) is 8.12. The zero-order chi connectivity index (χ0) is 17.0. The molecule has 0 saturated heterocycles. The van der Waals surface area contributed by atoms with Gasteiger partial charge in [-0.2, -0.15) is 0 Å². The summed E-state index contributed by atoms with van der Waals surface area (Å²) in [5.74, 6) is 0. The van der Waals surface area contributed by atoms with Gasteiger partial charge in [0.15, 0.2) is 0 Å². The van der Waals surface area contributed by atoms with Crippen molar-refractivity contribution >= 4 is 29.3 Å². The lowest BCUT2D eigenvalue weighted by Crippen LogP contribution is -2.29. The molecule has 0 bridgehead atoms. The van der Waals surface area contributed by atoms with Crippen molar-refractivity contribution in [3.05, 3.63) is 88.7 Å². The molecule has 0 unspecified atom stereocenters. The number of pyridine rings is 1. The second-order valence-corrected chi connectivity index (χ2v) is 6.24. The predicted molar refractivity (Wildman–Crippen MR) is 95.9 cm³/mol. The van der Waals surface area contributed by atoms with Crippen molar-refractivity contribution in [2.75, 3.05) is 0 Å². The van der Waals surface area contributed by atoms with Gasteiger partial charge in [0.05, 0.1) is 12.9 Å². The molecule has 0 aliphatic carbocycles. The highest BCUT2D eigenvalue weighted by Crippen LogP contribution is 2.28. The van der Waals surface area contributed by atoms with E-state index in [1.807, 2.05) is 12.1 Å². The maximum Gasteiger partial charge on any atom is 0.127 e. The standard InChI is InChI=1S/C18H15Cl2N3O/c19-16-4-3-14(17(20)10-16)5-6-18(24,12-23-9-8-22-13-23)15-2-1-7-21-11-15/h1-11,13,24H,12H2/b6-5+/t18-/m0/s1. The molecule has 0 aliphatic rings. The molecular weight excluding hydrogens is 345 g/mol. The highest BCUT2D eigenvalue weighted by Gasteiger charge is 2.27. The molecule has 1 atom stereocenters. The molecule has 2 aromatic heterocycles. The van der Waals surface area contributed by atoms with Crippen LogP contribution in [0.3, 0.4) is 0 Å². The van der Waals surface area contributed by atoms with E-state index in [1.54, 1.807) is 66.0 Å². The highest BCUT2D eigenvalue weighted by molar-refractivity contribution is 6.35. The zero-order valence-corrected chi connectivity index (χ0v) is 14.2. The van der Waals surface area contributed by atoms with Crippen LogP contribution in [0.5, 0.6) is 0 Å². The monoisotopic (exact) mass is 359 g/mol. The van der Waals surface area contributed by atoms with Gasteiger partial charge in [-0.15, -0.1) is 0 Å². The van der Waals surface area contributed by atoms with Crippen LogP contribution >= 0.6 is 23.2 Å². The van der Waals surface area contributed by atoms with E-state index in [-0.39, 0.29) is 0 Å². The maximum atomic E-state index is 11.2. The molecule has 0 radical (unpaired) electrons. The van der Waals surface area contributed by atoms with Crippen LogP contribution in [0.25, 0.3) is 6.08 Å². The summed E-state index contributed by atoms with van der Waals surface area (Å²) in [6, 6.07) is 8.85. The van der Waals surface area contributed by atoms with E-state index in [0.717, 1.165) is 5.56 Å². The van der Waals surface area contributed by atoms with Crippen LogP contribution in [0.15, 0.2) is 67.5 Å². The number of nitrogens with zero attached hydrogens (tertiary/aromatic N) is 3. The van der Waals surface area contributed by atoms with Gasteiger partial charge >= 0.3 is 0 Å². The predicted octanol–water partition coefficient (Wildman–Crippen LogP) is 4.19. The molecule has 2 heterocycles. The summed E-state index contributed by atoms with van der Waals surface area (Å²) in [5.41, 5.74) is 0.201. The van der Waals surface area contributed by atoms with Crippen molar-refractivity contribution in [2.24, 2.45) is 0 Å². The van der Waals surface area contributed by atoms with Crippen molar-refractivity contribution in [1.82, 2.24) is 14.5 Å². The Labute approximate surface area is 150 Å². The average molecular weight is 360 g/mol. The first-order chi connectivity index (χ1) is 11.6. The maximum absolute atomic E-state index is 11.2. The Kier molecular flexibility index (Phi) is 5.00.